The number of hydrogen-bond donors (Lipinski definition) is 0. The first-order chi connectivity index (χ1) is 8.46. The van der Waals surface area contributed by atoms with Crippen molar-refractivity contribution in [2.75, 3.05) is 5.38 Å². The van der Waals surface area contributed by atoms with E-state index in [-0.39, 0.29) is 0 Å². The van der Waals surface area contributed by atoms with Gasteiger partial charge in [0.25, 0.3) is 0 Å². The number of thioether (sulfide) groups is 1. The number of nitrogens with zero attached hydrogens (tertiary/aromatic N) is 2. The molecule has 2 nitrogen and oxygen atoms in total. The Hall–Kier alpha value is -0.433. The van der Waals surface area contributed by atoms with E-state index in [9.17, 15) is 0 Å². The first-order valence-corrected chi connectivity index (χ1v) is 11.7. The Morgan fingerprint density at radius 3 is 2.56 bits per heavy atom. The minimum Gasteiger partial charge on any atom is -0.211 e. The summed E-state index contributed by atoms with van der Waals surface area (Å²) >= 11 is 8.82. The maximum atomic E-state index is 5.38. The van der Waals surface area contributed by atoms with Crippen LogP contribution in [-0.2, 0) is 0 Å². The zero-order valence-electron chi connectivity index (χ0n) is 10.7. The Balaban J connectivity index is 2.21. The van der Waals surface area contributed by atoms with Crippen LogP contribution in [0.2, 0.25) is 19.6 Å². The van der Waals surface area contributed by atoms with Crippen molar-refractivity contribution in [3.05, 3.63) is 34.3 Å². The van der Waals surface area contributed by atoms with Crippen molar-refractivity contribution in [2.45, 2.75) is 24.0 Å². The van der Waals surface area contributed by atoms with Gasteiger partial charge in [-0.25, -0.2) is 4.68 Å². The molecule has 0 aliphatic heterocycles. The van der Waals surface area contributed by atoms with E-state index in [0.29, 0.717) is 0 Å². The molecular weight excluding hydrogens is 296 g/mol. The van der Waals surface area contributed by atoms with Gasteiger partial charge in [-0.1, -0.05) is 60.9 Å². The molecule has 1 aromatic carbocycles. The maximum absolute atomic E-state index is 5.38. The van der Waals surface area contributed by atoms with Crippen molar-refractivity contribution in [3.63, 3.8) is 0 Å². The van der Waals surface area contributed by atoms with Crippen LogP contribution >= 0.6 is 35.3 Å². The average molecular weight is 313 g/mol. The molecule has 0 bridgehead atoms. The molecule has 2 rings (SSSR count). The van der Waals surface area contributed by atoms with E-state index in [2.05, 4.69) is 24.7 Å². The topological polar surface area (TPSA) is 17.8 Å². The molecule has 0 N–H and O–H groups in total. The lowest BCUT2D eigenvalue weighted by atomic mass is 10.3. The van der Waals surface area contributed by atoms with Crippen molar-refractivity contribution in [1.29, 1.82) is 0 Å². The van der Waals surface area contributed by atoms with Gasteiger partial charge in [0.05, 0.1) is 13.8 Å². The fourth-order valence-corrected chi connectivity index (χ4v) is 5.74. The lowest BCUT2D eigenvalue weighted by molar-refractivity contribution is 0.830. The van der Waals surface area contributed by atoms with Gasteiger partial charge in [-0.2, -0.15) is 0 Å². The molecule has 0 aliphatic carbocycles. The van der Waals surface area contributed by atoms with Crippen molar-refractivity contribution < 1.29 is 0 Å². The summed E-state index contributed by atoms with van der Waals surface area (Å²) < 4.78 is 3.75. The van der Waals surface area contributed by atoms with Gasteiger partial charge in [0, 0.05) is 0 Å². The molecule has 0 saturated carbocycles. The van der Waals surface area contributed by atoms with Gasteiger partial charge in [-0.3, -0.25) is 0 Å². The first kappa shape index (κ1) is 14.0. The molecule has 0 amide bonds. The van der Waals surface area contributed by atoms with Crippen molar-refractivity contribution in [1.82, 2.24) is 9.78 Å². The van der Waals surface area contributed by atoms with E-state index >= 15 is 0 Å². The SMILES string of the molecule is C[Si](C)(C)CSc1nn(-c2ccccc2)c(=S)s1. The van der Waals surface area contributed by atoms with E-state index in [1.807, 2.05) is 46.8 Å². The predicted octanol–water partition coefficient (Wildman–Crippen LogP) is 4.63. The fraction of sp³-hybridized carbons (Fsp3) is 0.333. The Morgan fingerprint density at radius 2 is 1.94 bits per heavy atom. The summed E-state index contributed by atoms with van der Waals surface area (Å²) in [6, 6.07) is 10.1. The fourth-order valence-electron chi connectivity index (χ4n) is 1.33. The van der Waals surface area contributed by atoms with Crippen molar-refractivity contribution in [3.8, 4) is 5.69 Å². The summed E-state index contributed by atoms with van der Waals surface area (Å²) in [5.41, 5.74) is 1.04. The van der Waals surface area contributed by atoms with Crippen LogP contribution in [0.3, 0.4) is 0 Å². The Bertz CT molecular complexity index is 569. The minimum absolute atomic E-state index is 0.819. The van der Waals surface area contributed by atoms with E-state index in [1.165, 1.54) is 5.38 Å². The van der Waals surface area contributed by atoms with E-state index < -0.39 is 8.07 Å². The Kier molecular flexibility index (Phi) is 4.42. The van der Waals surface area contributed by atoms with Gasteiger partial charge in [-0.05, 0) is 29.7 Å². The second kappa shape index (κ2) is 5.69. The van der Waals surface area contributed by atoms with Crippen molar-refractivity contribution in [2.24, 2.45) is 0 Å². The second-order valence-corrected chi connectivity index (χ2v) is 14.1. The van der Waals surface area contributed by atoms with Crippen LogP contribution < -0.4 is 0 Å². The normalized spacial score (nSPS) is 11.7. The molecule has 1 aromatic heterocycles. The highest BCUT2D eigenvalue weighted by atomic mass is 32.2. The highest BCUT2D eigenvalue weighted by molar-refractivity contribution is 8.02. The zero-order valence-corrected chi connectivity index (χ0v) is 14.2. The first-order valence-electron chi connectivity index (χ1n) is 5.74. The number of hydrogen-bond acceptors (Lipinski definition) is 4. The summed E-state index contributed by atoms with van der Waals surface area (Å²) in [5, 5.41) is 5.78. The molecule has 0 saturated heterocycles. The molecule has 2 aromatic rings. The third kappa shape index (κ3) is 3.78. The Morgan fingerprint density at radius 1 is 1.28 bits per heavy atom. The van der Waals surface area contributed by atoms with Gasteiger partial charge < -0.3 is 0 Å². The third-order valence-electron chi connectivity index (χ3n) is 2.16. The lowest BCUT2D eigenvalue weighted by Gasteiger charge is -2.12. The quantitative estimate of drug-likeness (QED) is 0.465. The summed E-state index contributed by atoms with van der Waals surface area (Å²) in [6.45, 7) is 7.11. The average Bonchev–Trinajstić information content (AvgIpc) is 2.68. The molecule has 0 radical (unpaired) electrons. The van der Waals surface area contributed by atoms with E-state index in [4.69, 9.17) is 12.2 Å². The predicted molar refractivity (Wildman–Crippen MR) is 86.3 cm³/mol. The number of aromatic nitrogens is 2. The number of para-hydroxylation sites is 1. The van der Waals surface area contributed by atoms with E-state index in [1.54, 1.807) is 11.3 Å². The van der Waals surface area contributed by atoms with Gasteiger partial charge in [0.15, 0.2) is 8.29 Å². The zero-order chi connectivity index (χ0) is 13.2. The Labute approximate surface area is 122 Å². The summed E-state index contributed by atoms with van der Waals surface area (Å²) in [6.07, 6.45) is 0. The molecular formula is C12H16N2S3Si. The van der Waals surface area contributed by atoms with Gasteiger partial charge in [-0.15, -0.1) is 5.10 Å². The summed E-state index contributed by atoms with van der Waals surface area (Å²) in [7, 11) is -1.04. The van der Waals surface area contributed by atoms with Crippen LogP contribution in [0.15, 0.2) is 34.7 Å². The van der Waals surface area contributed by atoms with E-state index in [0.717, 1.165) is 14.0 Å². The van der Waals surface area contributed by atoms with Crippen LogP contribution in [0.5, 0.6) is 0 Å². The van der Waals surface area contributed by atoms with Crippen LogP contribution in [-0.4, -0.2) is 23.2 Å². The molecule has 0 spiro atoms. The third-order valence-corrected chi connectivity index (χ3v) is 8.16. The number of rotatable bonds is 4. The molecule has 6 heteroatoms. The van der Waals surface area contributed by atoms with Gasteiger partial charge in [0.1, 0.15) is 0 Å². The van der Waals surface area contributed by atoms with Gasteiger partial charge in [0.2, 0.25) is 0 Å². The number of benzene rings is 1. The maximum Gasteiger partial charge on any atom is 0.184 e. The minimum atomic E-state index is -1.04. The van der Waals surface area contributed by atoms with Crippen LogP contribution in [0.1, 0.15) is 0 Å². The molecule has 0 fully saturated rings. The standard InChI is InChI=1S/C12H16N2S3Si/c1-18(2,3)9-16-11-13-14(12(15)17-11)10-7-5-4-6-8-10/h4-8H,9H2,1-3H3. The molecule has 18 heavy (non-hydrogen) atoms. The monoisotopic (exact) mass is 312 g/mol. The summed E-state index contributed by atoms with van der Waals surface area (Å²) in [4.78, 5) is 0. The lowest BCUT2D eigenvalue weighted by Crippen LogP contribution is -2.23. The van der Waals surface area contributed by atoms with Crippen LogP contribution in [0.25, 0.3) is 5.69 Å². The molecule has 1 heterocycles. The highest BCUT2D eigenvalue weighted by Crippen LogP contribution is 2.26. The largest absolute Gasteiger partial charge is 0.211 e. The molecule has 0 aliphatic rings. The summed E-state index contributed by atoms with van der Waals surface area (Å²) in [5.74, 6) is 0. The molecule has 0 unspecified atom stereocenters. The second-order valence-electron chi connectivity index (χ2n) is 5.23. The van der Waals surface area contributed by atoms with Crippen LogP contribution in [0.4, 0.5) is 0 Å². The molecule has 0 atom stereocenters. The highest BCUT2D eigenvalue weighted by Gasteiger charge is 2.15. The van der Waals surface area contributed by atoms with Gasteiger partial charge >= 0.3 is 0 Å². The smallest absolute Gasteiger partial charge is 0.184 e. The van der Waals surface area contributed by atoms with Crippen LogP contribution in [0, 0.1) is 3.95 Å². The molecule has 96 valence electrons. The van der Waals surface area contributed by atoms with Crippen molar-refractivity contribution >= 4 is 43.4 Å².